The van der Waals surface area contributed by atoms with Gasteiger partial charge in [-0.2, -0.15) is 0 Å². The number of likely N-dealkylation sites (N-methyl/N-ethyl adjacent to an activating group) is 1. The minimum absolute atomic E-state index is 0.156. The molecule has 0 aliphatic carbocycles. The number of ether oxygens (including phenoxy) is 1. The summed E-state index contributed by atoms with van der Waals surface area (Å²) in [5.41, 5.74) is 1.63. The first-order valence-corrected chi connectivity index (χ1v) is 6.97. The standard InChI is InChI=1S/C15H23FN2O/c1-4-17-10-12-5-6-15(13(16)9-12)18(3)14-7-8-19-11(14)2/h5-6,9,11,14,17H,4,7-8,10H2,1-3H3. The predicted molar refractivity (Wildman–Crippen MR) is 76.0 cm³/mol. The number of hydrogen-bond acceptors (Lipinski definition) is 3. The van der Waals surface area contributed by atoms with E-state index in [4.69, 9.17) is 4.74 Å². The minimum Gasteiger partial charge on any atom is -0.376 e. The topological polar surface area (TPSA) is 24.5 Å². The Labute approximate surface area is 114 Å². The fraction of sp³-hybridized carbons (Fsp3) is 0.600. The second-order valence-electron chi connectivity index (χ2n) is 5.11. The lowest BCUT2D eigenvalue weighted by Gasteiger charge is -2.29. The van der Waals surface area contributed by atoms with Gasteiger partial charge in [0.25, 0.3) is 0 Å². The van der Waals surface area contributed by atoms with E-state index in [1.54, 1.807) is 6.07 Å². The lowest BCUT2D eigenvalue weighted by atomic mass is 10.1. The largest absolute Gasteiger partial charge is 0.376 e. The highest BCUT2D eigenvalue weighted by Crippen LogP contribution is 2.27. The zero-order chi connectivity index (χ0) is 13.8. The van der Waals surface area contributed by atoms with Crippen molar-refractivity contribution in [3.8, 4) is 0 Å². The van der Waals surface area contributed by atoms with Crippen molar-refractivity contribution in [2.45, 2.75) is 39.0 Å². The van der Waals surface area contributed by atoms with Crippen molar-refractivity contribution in [3.05, 3.63) is 29.6 Å². The SMILES string of the molecule is CCNCc1ccc(N(C)C2CCOC2C)c(F)c1. The Kier molecular flexibility index (Phi) is 4.77. The van der Waals surface area contributed by atoms with Crippen LogP contribution in [0.4, 0.5) is 10.1 Å². The summed E-state index contributed by atoms with van der Waals surface area (Å²) in [5.74, 6) is -0.156. The number of nitrogens with zero attached hydrogens (tertiary/aromatic N) is 1. The maximum absolute atomic E-state index is 14.2. The van der Waals surface area contributed by atoms with Crippen LogP contribution in [0.3, 0.4) is 0 Å². The number of benzene rings is 1. The third-order valence-electron chi connectivity index (χ3n) is 3.80. The molecule has 1 aromatic carbocycles. The van der Waals surface area contributed by atoms with Gasteiger partial charge in [-0.15, -0.1) is 0 Å². The predicted octanol–water partition coefficient (Wildman–Crippen LogP) is 2.55. The van der Waals surface area contributed by atoms with E-state index in [2.05, 4.69) is 5.32 Å². The Bertz CT molecular complexity index is 425. The molecule has 1 saturated heterocycles. The molecule has 1 aliphatic rings. The summed E-state index contributed by atoms with van der Waals surface area (Å²) >= 11 is 0. The van der Waals surface area contributed by atoms with Crippen LogP contribution in [0.25, 0.3) is 0 Å². The van der Waals surface area contributed by atoms with Crippen molar-refractivity contribution in [2.75, 3.05) is 25.1 Å². The maximum Gasteiger partial charge on any atom is 0.146 e. The molecule has 1 heterocycles. The highest BCUT2D eigenvalue weighted by molar-refractivity contribution is 5.49. The van der Waals surface area contributed by atoms with Crippen molar-refractivity contribution in [1.29, 1.82) is 0 Å². The zero-order valence-corrected chi connectivity index (χ0v) is 11.9. The number of nitrogens with one attached hydrogen (secondary N) is 1. The van der Waals surface area contributed by atoms with Crippen LogP contribution in [-0.4, -0.2) is 32.3 Å². The van der Waals surface area contributed by atoms with E-state index in [0.29, 0.717) is 12.2 Å². The van der Waals surface area contributed by atoms with Crippen LogP contribution in [0.2, 0.25) is 0 Å². The van der Waals surface area contributed by atoms with Gasteiger partial charge in [-0.25, -0.2) is 4.39 Å². The maximum atomic E-state index is 14.2. The van der Waals surface area contributed by atoms with Crippen LogP contribution < -0.4 is 10.2 Å². The molecule has 1 fully saturated rings. The van der Waals surface area contributed by atoms with E-state index in [9.17, 15) is 4.39 Å². The molecule has 2 rings (SSSR count). The van der Waals surface area contributed by atoms with E-state index in [-0.39, 0.29) is 18.0 Å². The average molecular weight is 266 g/mol. The molecule has 0 bridgehead atoms. The summed E-state index contributed by atoms with van der Waals surface area (Å²) in [7, 11) is 1.94. The Morgan fingerprint density at radius 2 is 2.26 bits per heavy atom. The van der Waals surface area contributed by atoms with Gasteiger partial charge in [0.15, 0.2) is 0 Å². The minimum atomic E-state index is -0.156. The van der Waals surface area contributed by atoms with Crippen molar-refractivity contribution in [1.82, 2.24) is 5.32 Å². The summed E-state index contributed by atoms with van der Waals surface area (Å²) < 4.78 is 19.7. The van der Waals surface area contributed by atoms with Crippen molar-refractivity contribution in [3.63, 3.8) is 0 Å². The molecule has 1 aliphatic heterocycles. The summed E-state index contributed by atoms with van der Waals surface area (Å²) in [4.78, 5) is 2.00. The van der Waals surface area contributed by atoms with Crippen molar-refractivity contribution >= 4 is 5.69 Å². The first kappa shape index (κ1) is 14.3. The van der Waals surface area contributed by atoms with Crippen LogP contribution in [-0.2, 0) is 11.3 Å². The van der Waals surface area contributed by atoms with Gasteiger partial charge in [0.05, 0.1) is 17.8 Å². The molecule has 3 nitrogen and oxygen atoms in total. The second-order valence-corrected chi connectivity index (χ2v) is 5.11. The molecule has 0 radical (unpaired) electrons. The molecule has 0 spiro atoms. The van der Waals surface area contributed by atoms with Gasteiger partial charge >= 0.3 is 0 Å². The molecule has 0 saturated carbocycles. The van der Waals surface area contributed by atoms with Crippen LogP contribution in [0.1, 0.15) is 25.8 Å². The molecule has 2 atom stereocenters. The molecule has 1 aromatic rings. The highest BCUT2D eigenvalue weighted by Gasteiger charge is 2.29. The van der Waals surface area contributed by atoms with Gasteiger partial charge in [0.2, 0.25) is 0 Å². The third-order valence-corrected chi connectivity index (χ3v) is 3.80. The Morgan fingerprint density at radius 1 is 1.47 bits per heavy atom. The Hall–Kier alpha value is -1.13. The van der Waals surface area contributed by atoms with E-state index < -0.39 is 0 Å². The van der Waals surface area contributed by atoms with Crippen molar-refractivity contribution < 1.29 is 9.13 Å². The van der Waals surface area contributed by atoms with Gasteiger partial charge in [0.1, 0.15) is 5.82 Å². The molecular weight excluding hydrogens is 243 g/mol. The summed E-state index contributed by atoms with van der Waals surface area (Å²) in [6, 6.07) is 5.73. The monoisotopic (exact) mass is 266 g/mol. The van der Waals surface area contributed by atoms with Gasteiger partial charge in [-0.1, -0.05) is 13.0 Å². The third kappa shape index (κ3) is 3.25. The molecule has 1 N–H and O–H groups in total. The molecule has 106 valence electrons. The normalized spacial score (nSPS) is 22.7. The highest BCUT2D eigenvalue weighted by atomic mass is 19.1. The fourth-order valence-electron chi connectivity index (χ4n) is 2.62. The van der Waals surface area contributed by atoms with Crippen LogP contribution >= 0.6 is 0 Å². The molecule has 2 unspecified atom stereocenters. The lowest BCUT2D eigenvalue weighted by Crippen LogP contribution is -2.37. The number of rotatable bonds is 5. The lowest BCUT2D eigenvalue weighted by molar-refractivity contribution is 0.118. The van der Waals surface area contributed by atoms with Gasteiger partial charge < -0.3 is 15.0 Å². The molecule has 19 heavy (non-hydrogen) atoms. The van der Waals surface area contributed by atoms with E-state index >= 15 is 0 Å². The van der Waals surface area contributed by atoms with E-state index in [1.807, 2.05) is 37.9 Å². The fourth-order valence-corrected chi connectivity index (χ4v) is 2.62. The summed E-state index contributed by atoms with van der Waals surface area (Å²) in [6.07, 6.45) is 1.11. The van der Waals surface area contributed by atoms with Gasteiger partial charge in [-0.3, -0.25) is 0 Å². The van der Waals surface area contributed by atoms with Crippen molar-refractivity contribution in [2.24, 2.45) is 0 Å². The number of halogens is 1. The first-order chi connectivity index (χ1) is 9.13. The summed E-state index contributed by atoms with van der Waals surface area (Å²) in [6.45, 7) is 6.45. The van der Waals surface area contributed by atoms with Crippen LogP contribution in [0.5, 0.6) is 0 Å². The second kappa shape index (κ2) is 6.35. The van der Waals surface area contributed by atoms with Crippen LogP contribution in [0, 0.1) is 5.82 Å². The Balaban J connectivity index is 2.11. The quantitative estimate of drug-likeness (QED) is 0.886. The Morgan fingerprint density at radius 3 is 2.84 bits per heavy atom. The van der Waals surface area contributed by atoms with E-state index in [0.717, 1.165) is 25.1 Å². The first-order valence-electron chi connectivity index (χ1n) is 6.97. The molecular formula is C15H23FN2O. The molecule has 4 heteroatoms. The average Bonchev–Trinajstić information content (AvgIpc) is 2.82. The summed E-state index contributed by atoms with van der Waals surface area (Å²) in [5, 5.41) is 3.20. The number of anilines is 1. The van der Waals surface area contributed by atoms with Gasteiger partial charge in [-0.05, 0) is 37.6 Å². The zero-order valence-electron chi connectivity index (χ0n) is 11.9. The number of hydrogen-bond donors (Lipinski definition) is 1. The smallest absolute Gasteiger partial charge is 0.146 e. The van der Waals surface area contributed by atoms with Crippen LogP contribution in [0.15, 0.2) is 18.2 Å². The van der Waals surface area contributed by atoms with Gasteiger partial charge in [0, 0.05) is 20.2 Å². The molecule has 0 aromatic heterocycles. The van der Waals surface area contributed by atoms with E-state index in [1.165, 1.54) is 0 Å². The molecule has 0 amide bonds.